The molecule has 0 atom stereocenters. The first-order valence-electron chi connectivity index (χ1n) is 5.85. The third kappa shape index (κ3) is 2.48. The molecule has 1 amide bonds. The van der Waals surface area contributed by atoms with Crippen molar-refractivity contribution in [3.8, 4) is 0 Å². The van der Waals surface area contributed by atoms with Crippen LogP contribution >= 0.6 is 11.6 Å². The van der Waals surface area contributed by atoms with E-state index in [1.807, 2.05) is 0 Å². The summed E-state index contributed by atoms with van der Waals surface area (Å²) in [6.45, 7) is 0. The van der Waals surface area contributed by atoms with Gasteiger partial charge in [0, 0.05) is 10.6 Å². The van der Waals surface area contributed by atoms with Gasteiger partial charge in [0.15, 0.2) is 0 Å². The fourth-order valence-electron chi connectivity index (χ4n) is 2.29. The number of aliphatic carboxylic acids is 1. The van der Waals surface area contributed by atoms with Crippen molar-refractivity contribution < 1.29 is 14.7 Å². The van der Waals surface area contributed by atoms with Gasteiger partial charge in [0.05, 0.1) is 0 Å². The van der Waals surface area contributed by atoms with Crippen LogP contribution in [0.5, 0.6) is 0 Å². The molecule has 1 aromatic rings. The van der Waals surface area contributed by atoms with Crippen LogP contribution in [0.25, 0.3) is 0 Å². The average molecular weight is 268 g/mol. The minimum Gasteiger partial charge on any atom is -0.480 e. The molecule has 0 aliphatic heterocycles. The van der Waals surface area contributed by atoms with Crippen molar-refractivity contribution in [2.75, 3.05) is 0 Å². The predicted octanol–water partition coefficient (Wildman–Crippen LogP) is 2.47. The van der Waals surface area contributed by atoms with Gasteiger partial charge in [0.1, 0.15) is 5.54 Å². The number of carbonyl (C=O) groups is 2. The highest BCUT2D eigenvalue weighted by Crippen LogP contribution is 2.30. The van der Waals surface area contributed by atoms with Crippen LogP contribution in [0.15, 0.2) is 24.3 Å². The van der Waals surface area contributed by atoms with Crippen molar-refractivity contribution in [3.63, 3.8) is 0 Å². The third-order valence-corrected chi connectivity index (χ3v) is 3.54. The lowest BCUT2D eigenvalue weighted by Crippen LogP contribution is -2.52. The molecule has 2 N–H and O–H groups in total. The van der Waals surface area contributed by atoms with E-state index in [1.54, 1.807) is 18.2 Å². The van der Waals surface area contributed by atoms with Crippen molar-refractivity contribution in [3.05, 3.63) is 34.9 Å². The summed E-state index contributed by atoms with van der Waals surface area (Å²) in [6.07, 6.45) is 2.60. The summed E-state index contributed by atoms with van der Waals surface area (Å²) in [5.41, 5.74) is -0.727. The molecule has 0 saturated heterocycles. The smallest absolute Gasteiger partial charge is 0.329 e. The molecule has 1 fully saturated rings. The maximum absolute atomic E-state index is 12.0. The summed E-state index contributed by atoms with van der Waals surface area (Å²) in [7, 11) is 0. The molecule has 1 aliphatic carbocycles. The molecular formula is C13H14ClNO3. The van der Waals surface area contributed by atoms with Crippen molar-refractivity contribution >= 4 is 23.5 Å². The van der Waals surface area contributed by atoms with Gasteiger partial charge >= 0.3 is 5.97 Å². The number of amides is 1. The van der Waals surface area contributed by atoms with Gasteiger partial charge in [0.25, 0.3) is 5.91 Å². The Bertz CT molecular complexity index is 481. The number of benzene rings is 1. The number of carboxylic acid groups (broad SMARTS) is 1. The Hall–Kier alpha value is -1.55. The summed E-state index contributed by atoms with van der Waals surface area (Å²) < 4.78 is 0. The van der Waals surface area contributed by atoms with Crippen LogP contribution in [0.1, 0.15) is 36.0 Å². The zero-order valence-electron chi connectivity index (χ0n) is 9.78. The van der Waals surface area contributed by atoms with E-state index in [2.05, 4.69) is 5.32 Å². The van der Waals surface area contributed by atoms with Crippen molar-refractivity contribution in [1.29, 1.82) is 0 Å². The summed E-state index contributed by atoms with van der Waals surface area (Å²) in [6, 6.07) is 6.48. The zero-order chi connectivity index (χ0) is 13.2. The van der Waals surface area contributed by atoms with Crippen LogP contribution in [0.4, 0.5) is 0 Å². The Kier molecular flexibility index (Phi) is 3.57. The fraction of sp³-hybridized carbons (Fsp3) is 0.385. The summed E-state index contributed by atoms with van der Waals surface area (Å²) in [5.74, 6) is -1.35. The van der Waals surface area contributed by atoms with Gasteiger partial charge in [0.2, 0.25) is 0 Å². The number of carboxylic acids is 1. The number of nitrogens with one attached hydrogen (secondary N) is 1. The van der Waals surface area contributed by atoms with Gasteiger partial charge in [-0.3, -0.25) is 4.79 Å². The van der Waals surface area contributed by atoms with E-state index in [1.165, 1.54) is 6.07 Å². The van der Waals surface area contributed by atoms with E-state index in [0.717, 1.165) is 12.8 Å². The monoisotopic (exact) mass is 267 g/mol. The normalized spacial score (nSPS) is 17.4. The van der Waals surface area contributed by atoms with Crippen molar-refractivity contribution in [1.82, 2.24) is 5.32 Å². The summed E-state index contributed by atoms with van der Waals surface area (Å²) in [5, 5.41) is 12.4. The maximum Gasteiger partial charge on any atom is 0.329 e. The van der Waals surface area contributed by atoms with Crippen molar-refractivity contribution in [2.24, 2.45) is 0 Å². The highest BCUT2D eigenvalue weighted by atomic mass is 35.5. The molecule has 1 aromatic carbocycles. The van der Waals surface area contributed by atoms with Crippen molar-refractivity contribution in [2.45, 2.75) is 31.2 Å². The molecule has 0 bridgehead atoms. The Morgan fingerprint density at radius 1 is 1.28 bits per heavy atom. The first kappa shape index (κ1) is 12.9. The molecule has 0 heterocycles. The lowest BCUT2D eigenvalue weighted by atomic mass is 9.97. The van der Waals surface area contributed by atoms with Gasteiger partial charge < -0.3 is 10.4 Å². The lowest BCUT2D eigenvalue weighted by Gasteiger charge is -2.25. The highest BCUT2D eigenvalue weighted by Gasteiger charge is 2.42. The molecule has 5 heteroatoms. The third-order valence-electron chi connectivity index (χ3n) is 3.31. The second kappa shape index (κ2) is 4.98. The standard InChI is InChI=1S/C13H14ClNO3/c14-10-5-3-4-9(8-10)11(16)15-13(12(17)18)6-1-2-7-13/h3-5,8H,1-2,6-7H2,(H,15,16)(H,17,18). The minimum atomic E-state index is -1.11. The Morgan fingerprint density at radius 3 is 2.50 bits per heavy atom. The second-order valence-corrected chi connectivity index (χ2v) is 5.00. The molecule has 0 aromatic heterocycles. The van der Waals surface area contributed by atoms with Gasteiger partial charge in [-0.2, -0.15) is 0 Å². The second-order valence-electron chi connectivity index (χ2n) is 4.56. The first-order valence-corrected chi connectivity index (χ1v) is 6.23. The number of rotatable bonds is 3. The molecule has 4 nitrogen and oxygen atoms in total. The van der Waals surface area contributed by atoms with Crippen LogP contribution < -0.4 is 5.32 Å². The topological polar surface area (TPSA) is 66.4 Å². The lowest BCUT2D eigenvalue weighted by molar-refractivity contribution is -0.144. The molecule has 96 valence electrons. The quantitative estimate of drug-likeness (QED) is 0.884. The molecule has 0 radical (unpaired) electrons. The number of carbonyl (C=O) groups excluding carboxylic acids is 1. The summed E-state index contributed by atoms with van der Waals surface area (Å²) >= 11 is 5.81. The average Bonchev–Trinajstić information content (AvgIpc) is 2.79. The Labute approximate surface area is 110 Å². The summed E-state index contributed by atoms with van der Waals surface area (Å²) in [4.78, 5) is 23.3. The number of hydrogen-bond acceptors (Lipinski definition) is 2. The van der Waals surface area contributed by atoms with E-state index in [4.69, 9.17) is 11.6 Å². The van der Waals surface area contributed by atoms with Gasteiger partial charge in [-0.25, -0.2) is 4.79 Å². The first-order chi connectivity index (χ1) is 8.53. The highest BCUT2D eigenvalue weighted by molar-refractivity contribution is 6.31. The van der Waals surface area contributed by atoms with Gasteiger partial charge in [-0.15, -0.1) is 0 Å². The van der Waals surface area contributed by atoms with Gasteiger partial charge in [-0.1, -0.05) is 30.5 Å². The molecule has 0 spiro atoms. The number of halogens is 1. The van der Waals surface area contributed by atoms with Crippen LogP contribution in [0, 0.1) is 0 Å². The zero-order valence-corrected chi connectivity index (χ0v) is 10.5. The molecule has 1 saturated carbocycles. The van der Waals surface area contributed by atoms with Crippen LogP contribution in [0.2, 0.25) is 5.02 Å². The van der Waals surface area contributed by atoms with Crippen LogP contribution in [-0.2, 0) is 4.79 Å². The van der Waals surface area contributed by atoms with E-state index in [9.17, 15) is 14.7 Å². The van der Waals surface area contributed by atoms with E-state index in [0.29, 0.717) is 23.4 Å². The van der Waals surface area contributed by atoms with E-state index < -0.39 is 11.5 Å². The molecule has 18 heavy (non-hydrogen) atoms. The minimum absolute atomic E-state index is 0.384. The Balaban J connectivity index is 2.18. The molecule has 1 aliphatic rings. The number of hydrogen-bond donors (Lipinski definition) is 2. The van der Waals surface area contributed by atoms with Crippen LogP contribution in [-0.4, -0.2) is 22.5 Å². The van der Waals surface area contributed by atoms with E-state index in [-0.39, 0.29) is 5.91 Å². The molecule has 2 rings (SSSR count). The Morgan fingerprint density at radius 2 is 1.94 bits per heavy atom. The fourth-order valence-corrected chi connectivity index (χ4v) is 2.48. The largest absolute Gasteiger partial charge is 0.480 e. The van der Waals surface area contributed by atoms with Gasteiger partial charge in [-0.05, 0) is 31.0 Å². The maximum atomic E-state index is 12.0. The van der Waals surface area contributed by atoms with Crippen LogP contribution in [0.3, 0.4) is 0 Å². The molecule has 0 unspecified atom stereocenters. The van der Waals surface area contributed by atoms with E-state index >= 15 is 0 Å². The predicted molar refractivity (Wildman–Crippen MR) is 67.8 cm³/mol. The SMILES string of the molecule is O=C(NC1(C(=O)O)CCCC1)c1cccc(Cl)c1. The molecular weight excluding hydrogens is 254 g/mol.